The fourth-order valence-electron chi connectivity index (χ4n) is 3.66. The second kappa shape index (κ2) is 10.5. The minimum absolute atomic E-state index is 0.0191. The monoisotopic (exact) mass is 428 g/mol. The first kappa shape index (κ1) is 21.5. The Hall–Kier alpha value is -3.73. The number of fused-ring (bicyclic) bond motifs is 1. The van der Waals surface area contributed by atoms with Gasteiger partial charge in [-0.1, -0.05) is 42.5 Å². The SMILES string of the molecule is CCOc1ccc(CC(=O)NCCc2c[nH]c3cc(OCc4ccccc4)ccc23)cc1. The van der Waals surface area contributed by atoms with Crippen LogP contribution < -0.4 is 14.8 Å². The van der Waals surface area contributed by atoms with E-state index in [0.29, 0.717) is 26.2 Å². The molecule has 32 heavy (non-hydrogen) atoms. The number of rotatable bonds is 10. The van der Waals surface area contributed by atoms with E-state index in [1.807, 2.05) is 67.7 Å². The Bertz CT molecular complexity index is 1150. The Balaban J connectivity index is 1.27. The first-order valence-corrected chi connectivity index (χ1v) is 11.0. The van der Waals surface area contributed by atoms with Gasteiger partial charge in [-0.05, 0) is 54.3 Å². The van der Waals surface area contributed by atoms with Crippen molar-refractivity contribution in [3.63, 3.8) is 0 Å². The van der Waals surface area contributed by atoms with Crippen molar-refractivity contribution >= 4 is 16.8 Å². The van der Waals surface area contributed by atoms with Crippen LogP contribution in [0.15, 0.2) is 79.0 Å². The van der Waals surface area contributed by atoms with Gasteiger partial charge < -0.3 is 19.8 Å². The molecule has 0 bridgehead atoms. The number of aromatic nitrogens is 1. The fraction of sp³-hybridized carbons (Fsp3) is 0.222. The van der Waals surface area contributed by atoms with Crippen LogP contribution in [0.4, 0.5) is 0 Å². The Labute approximate surface area is 188 Å². The minimum atomic E-state index is 0.0191. The number of carbonyl (C=O) groups is 1. The lowest BCUT2D eigenvalue weighted by Gasteiger charge is -2.08. The minimum Gasteiger partial charge on any atom is -0.494 e. The molecule has 0 atom stereocenters. The van der Waals surface area contributed by atoms with Gasteiger partial charge in [-0.3, -0.25) is 4.79 Å². The second-order valence-corrected chi connectivity index (χ2v) is 7.65. The number of hydrogen-bond donors (Lipinski definition) is 2. The molecule has 0 radical (unpaired) electrons. The van der Waals surface area contributed by atoms with Gasteiger partial charge in [0, 0.05) is 29.7 Å². The molecule has 0 spiro atoms. The Morgan fingerprint density at radius 2 is 1.69 bits per heavy atom. The molecule has 0 aliphatic rings. The largest absolute Gasteiger partial charge is 0.494 e. The lowest BCUT2D eigenvalue weighted by atomic mass is 10.1. The van der Waals surface area contributed by atoms with E-state index < -0.39 is 0 Å². The van der Waals surface area contributed by atoms with Crippen molar-refractivity contribution in [1.82, 2.24) is 10.3 Å². The average Bonchev–Trinajstić information content (AvgIpc) is 3.22. The number of benzene rings is 3. The van der Waals surface area contributed by atoms with Crippen LogP contribution >= 0.6 is 0 Å². The Kier molecular flexibility index (Phi) is 7.08. The second-order valence-electron chi connectivity index (χ2n) is 7.65. The number of carbonyl (C=O) groups excluding carboxylic acids is 1. The molecule has 3 aromatic carbocycles. The lowest BCUT2D eigenvalue weighted by molar-refractivity contribution is -0.120. The van der Waals surface area contributed by atoms with E-state index in [4.69, 9.17) is 9.47 Å². The highest BCUT2D eigenvalue weighted by Gasteiger charge is 2.08. The number of H-pyrrole nitrogens is 1. The third-order valence-corrected chi connectivity index (χ3v) is 5.30. The molecule has 0 fully saturated rings. The van der Waals surface area contributed by atoms with Crippen LogP contribution in [0.1, 0.15) is 23.6 Å². The molecule has 4 rings (SSSR count). The lowest BCUT2D eigenvalue weighted by Crippen LogP contribution is -2.27. The Morgan fingerprint density at radius 3 is 2.47 bits per heavy atom. The van der Waals surface area contributed by atoms with Gasteiger partial charge in [-0.25, -0.2) is 0 Å². The maximum Gasteiger partial charge on any atom is 0.224 e. The molecule has 1 amide bonds. The first-order chi connectivity index (χ1) is 15.7. The highest BCUT2D eigenvalue weighted by molar-refractivity contribution is 5.84. The molecular weight excluding hydrogens is 400 g/mol. The average molecular weight is 429 g/mol. The molecule has 0 aliphatic heterocycles. The van der Waals surface area contributed by atoms with Crippen molar-refractivity contribution in [2.75, 3.05) is 13.2 Å². The fourth-order valence-corrected chi connectivity index (χ4v) is 3.66. The van der Waals surface area contributed by atoms with Crippen molar-refractivity contribution in [2.24, 2.45) is 0 Å². The highest BCUT2D eigenvalue weighted by Crippen LogP contribution is 2.24. The van der Waals surface area contributed by atoms with Crippen LogP contribution in [0.25, 0.3) is 10.9 Å². The van der Waals surface area contributed by atoms with Crippen molar-refractivity contribution < 1.29 is 14.3 Å². The summed E-state index contributed by atoms with van der Waals surface area (Å²) in [7, 11) is 0. The van der Waals surface area contributed by atoms with Crippen molar-refractivity contribution in [3.05, 3.63) is 95.7 Å². The molecule has 5 nitrogen and oxygen atoms in total. The topological polar surface area (TPSA) is 63.3 Å². The molecule has 5 heteroatoms. The predicted molar refractivity (Wildman–Crippen MR) is 127 cm³/mol. The summed E-state index contributed by atoms with van der Waals surface area (Å²) in [5.74, 6) is 1.67. The van der Waals surface area contributed by atoms with Gasteiger partial charge in [-0.15, -0.1) is 0 Å². The van der Waals surface area contributed by atoms with E-state index in [-0.39, 0.29) is 5.91 Å². The molecule has 4 aromatic rings. The molecule has 0 saturated heterocycles. The number of amides is 1. The van der Waals surface area contributed by atoms with Crippen molar-refractivity contribution in [3.8, 4) is 11.5 Å². The molecule has 0 aliphatic carbocycles. The van der Waals surface area contributed by atoms with E-state index >= 15 is 0 Å². The van der Waals surface area contributed by atoms with Gasteiger partial charge in [0.05, 0.1) is 13.0 Å². The summed E-state index contributed by atoms with van der Waals surface area (Å²) in [5.41, 5.74) is 4.32. The molecule has 0 unspecified atom stereocenters. The summed E-state index contributed by atoms with van der Waals surface area (Å²) in [5, 5.41) is 4.17. The molecule has 1 aromatic heterocycles. The molecule has 164 valence electrons. The van der Waals surface area contributed by atoms with E-state index in [1.165, 1.54) is 5.56 Å². The summed E-state index contributed by atoms with van der Waals surface area (Å²) in [4.78, 5) is 15.6. The maximum absolute atomic E-state index is 12.3. The van der Waals surface area contributed by atoms with Crippen LogP contribution in [-0.4, -0.2) is 24.0 Å². The number of nitrogens with one attached hydrogen (secondary N) is 2. The van der Waals surface area contributed by atoms with Gasteiger partial charge >= 0.3 is 0 Å². The molecular formula is C27H28N2O3. The zero-order valence-corrected chi connectivity index (χ0v) is 18.3. The van der Waals surface area contributed by atoms with Crippen LogP contribution in [0, 0.1) is 0 Å². The summed E-state index contributed by atoms with van der Waals surface area (Å²) in [6.45, 7) is 3.72. The number of hydrogen-bond acceptors (Lipinski definition) is 3. The zero-order chi connectivity index (χ0) is 22.2. The predicted octanol–water partition coefficient (Wildman–Crippen LogP) is 5.05. The van der Waals surface area contributed by atoms with Gasteiger partial charge in [0.25, 0.3) is 0 Å². The molecule has 2 N–H and O–H groups in total. The van der Waals surface area contributed by atoms with Crippen LogP contribution in [-0.2, 0) is 24.2 Å². The van der Waals surface area contributed by atoms with Gasteiger partial charge in [0.2, 0.25) is 5.91 Å². The quantitative estimate of drug-likeness (QED) is 0.372. The van der Waals surface area contributed by atoms with E-state index in [9.17, 15) is 4.79 Å². The van der Waals surface area contributed by atoms with Gasteiger partial charge in [-0.2, -0.15) is 0 Å². The van der Waals surface area contributed by atoms with E-state index in [1.54, 1.807) is 0 Å². The zero-order valence-electron chi connectivity index (χ0n) is 18.3. The normalized spacial score (nSPS) is 10.8. The summed E-state index contributed by atoms with van der Waals surface area (Å²) >= 11 is 0. The maximum atomic E-state index is 12.3. The summed E-state index contributed by atoms with van der Waals surface area (Å²) in [6.07, 6.45) is 3.13. The van der Waals surface area contributed by atoms with Crippen LogP contribution in [0.3, 0.4) is 0 Å². The third kappa shape index (κ3) is 5.70. The molecule has 0 saturated carbocycles. The Morgan fingerprint density at radius 1 is 0.906 bits per heavy atom. The van der Waals surface area contributed by atoms with Crippen LogP contribution in [0.2, 0.25) is 0 Å². The summed E-state index contributed by atoms with van der Waals surface area (Å²) in [6, 6.07) is 23.9. The van der Waals surface area contributed by atoms with Gasteiger partial charge in [0.15, 0.2) is 0 Å². The van der Waals surface area contributed by atoms with Crippen molar-refractivity contribution in [1.29, 1.82) is 0 Å². The smallest absolute Gasteiger partial charge is 0.224 e. The first-order valence-electron chi connectivity index (χ1n) is 11.0. The third-order valence-electron chi connectivity index (χ3n) is 5.30. The van der Waals surface area contributed by atoms with Crippen LogP contribution in [0.5, 0.6) is 11.5 Å². The highest BCUT2D eigenvalue weighted by atomic mass is 16.5. The number of aromatic amines is 1. The summed E-state index contributed by atoms with van der Waals surface area (Å²) < 4.78 is 11.4. The van der Waals surface area contributed by atoms with Crippen molar-refractivity contribution in [2.45, 2.75) is 26.4 Å². The number of ether oxygens (including phenoxy) is 2. The van der Waals surface area contributed by atoms with Gasteiger partial charge in [0.1, 0.15) is 18.1 Å². The van der Waals surface area contributed by atoms with E-state index in [0.717, 1.165) is 39.9 Å². The molecule has 1 heterocycles. The van der Waals surface area contributed by atoms with E-state index in [2.05, 4.69) is 28.5 Å². The standard InChI is InChI=1S/C27H28N2O3/c1-2-31-23-10-8-20(9-11-23)16-27(30)28-15-14-22-18-29-26-17-24(12-13-25(22)26)32-19-21-6-4-3-5-7-21/h3-13,17-18,29H,2,14-16,19H2,1H3,(H,28,30).